The van der Waals surface area contributed by atoms with Gasteiger partial charge in [0.15, 0.2) is 0 Å². The molecule has 2 aliphatic rings. The molecule has 0 atom stereocenters. The standard InChI is InChI=1S/C23H30N2O2S/c1-23(2)9-8-19-18(13-23)20(22(26)27)21(28-19)17-12-16(7-6-15(17)14-24)25-10-4-3-5-11-25/h6-7,12H,3-5,8-11,13-14,24H2,1-2H3,(H,26,27). The SMILES string of the molecule is CC1(C)CCc2sc(-c3cc(N4CCCCC4)ccc3CN)c(C(=O)O)c2C1. The predicted molar refractivity (Wildman–Crippen MR) is 116 cm³/mol. The van der Waals surface area contributed by atoms with E-state index in [9.17, 15) is 9.90 Å². The third-order valence-corrected chi connectivity index (χ3v) is 7.59. The Kier molecular flexibility index (Phi) is 5.23. The van der Waals surface area contributed by atoms with E-state index in [1.807, 2.05) is 0 Å². The second-order valence-corrected chi connectivity index (χ2v) is 10.1. The molecule has 4 nitrogen and oxygen atoms in total. The topological polar surface area (TPSA) is 66.6 Å². The van der Waals surface area contributed by atoms with Crippen LogP contribution in [0.1, 0.15) is 65.9 Å². The minimum absolute atomic E-state index is 0.155. The molecule has 1 aliphatic heterocycles. The van der Waals surface area contributed by atoms with Crippen LogP contribution in [-0.2, 0) is 19.4 Å². The number of anilines is 1. The van der Waals surface area contributed by atoms with Crippen molar-refractivity contribution >= 4 is 23.0 Å². The predicted octanol–water partition coefficient (Wildman–Crippen LogP) is 5.08. The maximum Gasteiger partial charge on any atom is 0.337 e. The van der Waals surface area contributed by atoms with E-state index in [0.717, 1.165) is 53.9 Å². The summed E-state index contributed by atoms with van der Waals surface area (Å²) in [6.45, 7) is 7.04. The Bertz CT molecular complexity index is 894. The van der Waals surface area contributed by atoms with Crippen LogP contribution in [0.25, 0.3) is 10.4 Å². The Morgan fingerprint density at radius 3 is 2.68 bits per heavy atom. The van der Waals surface area contributed by atoms with Gasteiger partial charge >= 0.3 is 5.97 Å². The molecule has 2 aromatic rings. The number of rotatable bonds is 4. The summed E-state index contributed by atoms with van der Waals surface area (Å²) in [6, 6.07) is 6.42. The molecule has 2 heterocycles. The number of thiophene rings is 1. The molecule has 1 fully saturated rings. The molecule has 4 rings (SSSR count). The van der Waals surface area contributed by atoms with E-state index in [1.165, 1.54) is 29.8 Å². The van der Waals surface area contributed by atoms with Crippen molar-refractivity contribution in [2.75, 3.05) is 18.0 Å². The smallest absolute Gasteiger partial charge is 0.337 e. The summed E-state index contributed by atoms with van der Waals surface area (Å²) in [6.07, 6.45) is 6.65. The first-order valence-corrected chi connectivity index (χ1v) is 11.2. The Balaban J connectivity index is 1.84. The summed E-state index contributed by atoms with van der Waals surface area (Å²) >= 11 is 1.67. The molecule has 1 saturated heterocycles. The summed E-state index contributed by atoms with van der Waals surface area (Å²) in [5.74, 6) is -0.809. The number of carboxylic acids is 1. The Labute approximate surface area is 171 Å². The fraction of sp³-hybridized carbons (Fsp3) is 0.522. The summed E-state index contributed by atoms with van der Waals surface area (Å²) < 4.78 is 0. The number of nitrogens with zero attached hydrogens (tertiary/aromatic N) is 1. The second-order valence-electron chi connectivity index (χ2n) is 8.95. The minimum Gasteiger partial charge on any atom is -0.478 e. The third-order valence-electron chi connectivity index (χ3n) is 6.27. The highest BCUT2D eigenvalue weighted by Gasteiger charge is 2.33. The lowest BCUT2D eigenvalue weighted by Crippen LogP contribution is -2.29. The van der Waals surface area contributed by atoms with Crippen LogP contribution in [0.3, 0.4) is 0 Å². The van der Waals surface area contributed by atoms with Crippen LogP contribution in [0, 0.1) is 5.41 Å². The number of benzene rings is 1. The van der Waals surface area contributed by atoms with Crippen molar-refractivity contribution in [2.45, 2.75) is 58.9 Å². The van der Waals surface area contributed by atoms with Crippen molar-refractivity contribution in [3.63, 3.8) is 0 Å². The van der Waals surface area contributed by atoms with E-state index >= 15 is 0 Å². The third kappa shape index (κ3) is 3.58. The number of fused-ring (bicyclic) bond motifs is 1. The first kappa shape index (κ1) is 19.5. The minimum atomic E-state index is -0.809. The number of aryl methyl sites for hydroxylation is 1. The Hall–Kier alpha value is -1.85. The monoisotopic (exact) mass is 398 g/mol. The fourth-order valence-electron chi connectivity index (χ4n) is 4.64. The van der Waals surface area contributed by atoms with E-state index in [2.05, 4.69) is 36.9 Å². The summed E-state index contributed by atoms with van der Waals surface area (Å²) in [4.78, 5) is 16.9. The first-order chi connectivity index (χ1) is 13.4. The summed E-state index contributed by atoms with van der Waals surface area (Å²) in [5.41, 5.74) is 11.0. The Morgan fingerprint density at radius 1 is 1.25 bits per heavy atom. The molecule has 0 radical (unpaired) electrons. The van der Waals surface area contributed by atoms with E-state index in [-0.39, 0.29) is 5.41 Å². The van der Waals surface area contributed by atoms with Crippen molar-refractivity contribution in [1.82, 2.24) is 0 Å². The quantitative estimate of drug-likeness (QED) is 0.754. The van der Waals surface area contributed by atoms with Gasteiger partial charge < -0.3 is 15.7 Å². The molecule has 1 aromatic carbocycles. The van der Waals surface area contributed by atoms with Crippen molar-refractivity contribution in [1.29, 1.82) is 0 Å². The molecule has 5 heteroatoms. The number of aromatic carboxylic acids is 1. The van der Waals surface area contributed by atoms with Crippen molar-refractivity contribution < 1.29 is 9.90 Å². The van der Waals surface area contributed by atoms with Crippen molar-refractivity contribution in [3.05, 3.63) is 39.8 Å². The molecule has 1 aromatic heterocycles. The van der Waals surface area contributed by atoms with E-state index in [0.29, 0.717) is 12.1 Å². The molecule has 0 bridgehead atoms. The zero-order valence-electron chi connectivity index (χ0n) is 16.9. The number of piperidine rings is 1. The van der Waals surface area contributed by atoms with Gasteiger partial charge in [0, 0.05) is 35.1 Å². The van der Waals surface area contributed by atoms with Crippen LogP contribution >= 0.6 is 11.3 Å². The van der Waals surface area contributed by atoms with Gasteiger partial charge in [-0.05, 0) is 72.8 Å². The van der Waals surface area contributed by atoms with Gasteiger partial charge in [-0.1, -0.05) is 19.9 Å². The average molecular weight is 399 g/mol. The lowest BCUT2D eigenvalue weighted by molar-refractivity contribution is 0.0696. The zero-order chi connectivity index (χ0) is 19.9. The van der Waals surface area contributed by atoms with Crippen molar-refractivity contribution in [3.8, 4) is 10.4 Å². The normalized spacial score (nSPS) is 18.8. The van der Waals surface area contributed by atoms with Crippen LogP contribution < -0.4 is 10.6 Å². The highest BCUT2D eigenvalue weighted by Crippen LogP contribution is 2.46. The van der Waals surface area contributed by atoms with Crippen LogP contribution in [0.4, 0.5) is 5.69 Å². The van der Waals surface area contributed by atoms with Gasteiger partial charge in [0.2, 0.25) is 0 Å². The highest BCUT2D eigenvalue weighted by atomic mass is 32.1. The maximum atomic E-state index is 12.3. The van der Waals surface area contributed by atoms with E-state index in [4.69, 9.17) is 5.73 Å². The van der Waals surface area contributed by atoms with Gasteiger partial charge in [0.25, 0.3) is 0 Å². The number of hydrogen-bond acceptors (Lipinski definition) is 4. The zero-order valence-corrected chi connectivity index (χ0v) is 17.7. The molecule has 0 unspecified atom stereocenters. The lowest BCUT2D eigenvalue weighted by atomic mass is 9.76. The molecular weight excluding hydrogens is 368 g/mol. The van der Waals surface area contributed by atoms with Gasteiger partial charge in [-0.3, -0.25) is 0 Å². The average Bonchev–Trinajstić information content (AvgIpc) is 3.05. The Morgan fingerprint density at radius 2 is 2.00 bits per heavy atom. The molecule has 3 N–H and O–H groups in total. The van der Waals surface area contributed by atoms with E-state index in [1.54, 1.807) is 11.3 Å². The van der Waals surface area contributed by atoms with Gasteiger partial charge in [-0.25, -0.2) is 4.79 Å². The molecule has 0 spiro atoms. The number of carbonyl (C=O) groups is 1. The van der Waals surface area contributed by atoms with Gasteiger partial charge in [-0.2, -0.15) is 0 Å². The summed E-state index contributed by atoms with van der Waals surface area (Å²) in [5, 5.41) is 10.1. The molecule has 0 saturated carbocycles. The molecule has 1 aliphatic carbocycles. The van der Waals surface area contributed by atoms with Crippen LogP contribution in [0.5, 0.6) is 0 Å². The fourth-order valence-corrected chi connectivity index (χ4v) is 6.00. The first-order valence-electron chi connectivity index (χ1n) is 10.4. The molecular formula is C23H30N2O2S. The molecule has 28 heavy (non-hydrogen) atoms. The lowest BCUT2D eigenvalue weighted by Gasteiger charge is -2.29. The van der Waals surface area contributed by atoms with Crippen molar-refractivity contribution in [2.24, 2.45) is 11.1 Å². The molecule has 150 valence electrons. The highest BCUT2D eigenvalue weighted by molar-refractivity contribution is 7.16. The van der Waals surface area contributed by atoms with Crippen LogP contribution in [-0.4, -0.2) is 24.2 Å². The van der Waals surface area contributed by atoms with Gasteiger partial charge in [0.1, 0.15) is 0 Å². The maximum absolute atomic E-state index is 12.3. The van der Waals surface area contributed by atoms with Gasteiger partial charge in [0.05, 0.1) is 5.56 Å². The van der Waals surface area contributed by atoms with Crippen LogP contribution in [0.2, 0.25) is 0 Å². The number of nitrogens with two attached hydrogens (primary N) is 1. The molecule has 0 amide bonds. The summed E-state index contributed by atoms with van der Waals surface area (Å²) in [7, 11) is 0. The van der Waals surface area contributed by atoms with E-state index < -0.39 is 5.97 Å². The van der Waals surface area contributed by atoms with Gasteiger partial charge in [-0.15, -0.1) is 11.3 Å². The largest absolute Gasteiger partial charge is 0.478 e. The number of carboxylic acid groups (broad SMARTS) is 1. The van der Waals surface area contributed by atoms with Crippen LogP contribution in [0.15, 0.2) is 18.2 Å². The second kappa shape index (κ2) is 7.53. The number of hydrogen-bond donors (Lipinski definition) is 2.